The van der Waals surface area contributed by atoms with Gasteiger partial charge in [-0.3, -0.25) is 0 Å². The fraction of sp³-hybridized carbons (Fsp3) is 0.250. The molecule has 0 saturated carbocycles. The highest BCUT2D eigenvalue weighted by molar-refractivity contribution is 5.57. The molecule has 100 valence electrons. The van der Waals surface area contributed by atoms with E-state index in [1.54, 1.807) is 19.2 Å². The Morgan fingerprint density at radius 1 is 1.00 bits per heavy atom. The van der Waals surface area contributed by atoms with Gasteiger partial charge in [-0.2, -0.15) is 0 Å². The molecule has 0 aliphatic carbocycles. The van der Waals surface area contributed by atoms with Crippen molar-refractivity contribution in [1.82, 2.24) is 0 Å². The zero-order valence-corrected chi connectivity index (χ0v) is 11.3. The van der Waals surface area contributed by atoms with Crippen molar-refractivity contribution in [2.75, 3.05) is 12.8 Å². The Morgan fingerprint density at radius 3 is 2.32 bits per heavy atom. The highest BCUT2D eigenvalue weighted by Gasteiger charge is 2.04. The Bertz CT molecular complexity index is 535. The van der Waals surface area contributed by atoms with Gasteiger partial charge in [0.2, 0.25) is 0 Å². The van der Waals surface area contributed by atoms with Crippen LogP contribution in [0.2, 0.25) is 0 Å². The van der Waals surface area contributed by atoms with E-state index in [1.807, 2.05) is 18.2 Å². The van der Waals surface area contributed by atoms with Crippen molar-refractivity contribution < 1.29 is 9.47 Å². The third-order valence-electron chi connectivity index (χ3n) is 2.91. The summed E-state index contributed by atoms with van der Waals surface area (Å²) in [5.74, 6) is 2.12. The third-order valence-corrected chi connectivity index (χ3v) is 2.91. The van der Waals surface area contributed by atoms with Gasteiger partial charge in [0.15, 0.2) is 5.75 Å². The molecule has 0 aromatic heterocycles. The number of benzene rings is 2. The summed E-state index contributed by atoms with van der Waals surface area (Å²) in [6.07, 6.45) is 2.23. The maximum absolute atomic E-state index is 5.89. The number of nitrogens with two attached hydrogens (primary N) is 1. The largest absolute Gasteiger partial charge is 0.497 e. The zero-order valence-electron chi connectivity index (χ0n) is 11.3. The number of anilines is 1. The number of nitrogen functional groups attached to an aromatic ring is 1. The summed E-state index contributed by atoms with van der Waals surface area (Å²) in [7, 11) is 1.62. The molecule has 0 saturated heterocycles. The number of rotatable bonds is 5. The van der Waals surface area contributed by atoms with Crippen molar-refractivity contribution in [2.24, 2.45) is 0 Å². The van der Waals surface area contributed by atoms with E-state index in [0.717, 1.165) is 24.3 Å². The molecule has 3 heteroatoms. The molecule has 2 rings (SSSR count). The molecule has 0 radical (unpaired) electrons. The van der Waals surface area contributed by atoms with Crippen molar-refractivity contribution in [2.45, 2.75) is 19.8 Å². The van der Waals surface area contributed by atoms with Crippen LogP contribution in [0, 0.1) is 0 Å². The van der Waals surface area contributed by atoms with Crippen LogP contribution in [-0.2, 0) is 6.42 Å². The second-order valence-electron chi connectivity index (χ2n) is 4.40. The van der Waals surface area contributed by atoms with Crippen LogP contribution in [0.4, 0.5) is 5.69 Å². The van der Waals surface area contributed by atoms with Crippen LogP contribution in [0.15, 0.2) is 42.5 Å². The van der Waals surface area contributed by atoms with E-state index in [2.05, 4.69) is 19.1 Å². The minimum absolute atomic E-state index is 0.596. The van der Waals surface area contributed by atoms with Gasteiger partial charge in [0.25, 0.3) is 0 Å². The van der Waals surface area contributed by atoms with Crippen molar-refractivity contribution >= 4 is 5.69 Å². The smallest absolute Gasteiger partial charge is 0.153 e. The van der Waals surface area contributed by atoms with Crippen LogP contribution in [0.3, 0.4) is 0 Å². The van der Waals surface area contributed by atoms with E-state index < -0.39 is 0 Å². The van der Waals surface area contributed by atoms with Crippen molar-refractivity contribution in [1.29, 1.82) is 0 Å². The third kappa shape index (κ3) is 3.41. The first-order valence-electron chi connectivity index (χ1n) is 6.43. The Labute approximate surface area is 114 Å². The second-order valence-corrected chi connectivity index (χ2v) is 4.40. The maximum Gasteiger partial charge on any atom is 0.153 e. The molecule has 0 fully saturated rings. The molecule has 2 N–H and O–H groups in total. The van der Waals surface area contributed by atoms with E-state index in [9.17, 15) is 0 Å². The van der Waals surface area contributed by atoms with Gasteiger partial charge in [-0.15, -0.1) is 0 Å². The topological polar surface area (TPSA) is 44.5 Å². The molecule has 0 amide bonds. The lowest BCUT2D eigenvalue weighted by atomic mass is 10.1. The number of methoxy groups -OCH3 is 1. The predicted octanol–water partition coefficient (Wildman–Crippen LogP) is 4.02. The molecule has 0 bridgehead atoms. The van der Waals surface area contributed by atoms with Crippen LogP contribution >= 0.6 is 0 Å². The standard InChI is InChI=1S/C16H19NO2/c1-3-4-12-5-7-13(8-6-12)19-16-11-14(18-2)9-10-15(16)17/h5-11H,3-4,17H2,1-2H3. The van der Waals surface area contributed by atoms with Crippen LogP contribution in [0.25, 0.3) is 0 Å². The summed E-state index contributed by atoms with van der Waals surface area (Å²) in [5, 5.41) is 0. The summed E-state index contributed by atoms with van der Waals surface area (Å²) < 4.78 is 10.9. The Kier molecular flexibility index (Phi) is 4.29. The second kappa shape index (κ2) is 6.14. The van der Waals surface area contributed by atoms with E-state index in [1.165, 1.54) is 5.56 Å². The van der Waals surface area contributed by atoms with Crippen LogP contribution in [0.5, 0.6) is 17.2 Å². The summed E-state index contributed by atoms with van der Waals surface area (Å²) in [4.78, 5) is 0. The van der Waals surface area contributed by atoms with Crippen LogP contribution < -0.4 is 15.2 Å². The highest BCUT2D eigenvalue weighted by Crippen LogP contribution is 2.31. The number of hydrogen-bond donors (Lipinski definition) is 1. The molecule has 0 aliphatic heterocycles. The normalized spacial score (nSPS) is 10.2. The number of ether oxygens (including phenoxy) is 2. The minimum atomic E-state index is 0.596. The fourth-order valence-electron chi connectivity index (χ4n) is 1.87. The Morgan fingerprint density at radius 2 is 1.68 bits per heavy atom. The predicted molar refractivity (Wildman–Crippen MR) is 77.9 cm³/mol. The molecule has 2 aromatic carbocycles. The molecule has 0 spiro atoms. The first-order chi connectivity index (χ1) is 9.22. The first-order valence-corrected chi connectivity index (χ1v) is 6.43. The number of hydrogen-bond acceptors (Lipinski definition) is 3. The van der Waals surface area contributed by atoms with Crippen molar-refractivity contribution in [3.05, 3.63) is 48.0 Å². The molecule has 19 heavy (non-hydrogen) atoms. The Balaban J connectivity index is 2.16. The summed E-state index contributed by atoms with van der Waals surface area (Å²) in [5.41, 5.74) is 7.80. The molecule has 2 aromatic rings. The molecule has 3 nitrogen and oxygen atoms in total. The Hall–Kier alpha value is -2.16. The SMILES string of the molecule is CCCc1ccc(Oc2cc(OC)ccc2N)cc1. The summed E-state index contributed by atoms with van der Waals surface area (Å²) in [6, 6.07) is 13.5. The van der Waals surface area contributed by atoms with Gasteiger partial charge < -0.3 is 15.2 Å². The lowest BCUT2D eigenvalue weighted by Gasteiger charge is -2.10. The maximum atomic E-state index is 5.89. The van der Waals surface area contributed by atoms with Gasteiger partial charge in [0, 0.05) is 6.07 Å². The molecule has 0 aliphatic rings. The van der Waals surface area contributed by atoms with E-state index in [4.69, 9.17) is 15.2 Å². The highest BCUT2D eigenvalue weighted by atomic mass is 16.5. The lowest BCUT2D eigenvalue weighted by Crippen LogP contribution is -1.93. The monoisotopic (exact) mass is 257 g/mol. The quantitative estimate of drug-likeness (QED) is 0.823. The van der Waals surface area contributed by atoms with E-state index in [-0.39, 0.29) is 0 Å². The van der Waals surface area contributed by atoms with Crippen molar-refractivity contribution in [3.8, 4) is 17.2 Å². The minimum Gasteiger partial charge on any atom is -0.497 e. The van der Waals surface area contributed by atoms with E-state index >= 15 is 0 Å². The molecule has 0 atom stereocenters. The average molecular weight is 257 g/mol. The van der Waals surface area contributed by atoms with Crippen LogP contribution in [-0.4, -0.2) is 7.11 Å². The number of aryl methyl sites for hydroxylation is 1. The zero-order chi connectivity index (χ0) is 13.7. The lowest BCUT2D eigenvalue weighted by molar-refractivity contribution is 0.409. The van der Waals surface area contributed by atoms with Gasteiger partial charge in [-0.05, 0) is 36.2 Å². The van der Waals surface area contributed by atoms with Gasteiger partial charge in [0.1, 0.15) is 11.5 Å². The first kappa shape index (κ1) is 13.3. The van der Waals surface area contributed by atoms with Crippen molar-refractivity contribution in [3.63, 3.8) is 0 Å². The molecular weight excluding hydrogens is 238 g/mol. The summed E-state index contributed by atoms with van der Waals surface area (Å²) >= 11 is 0. The van der Waals surface area contributed by atoms with Gasteiger partial charge >= 0.3 is 0 Å². The van der Waals surface area contributed by atoms with Crippen LogP contribution in [0.1, 0.15) is 18.9 Å². The fourth-order valence-corrected chi connectivity index (χ4v) is 1.87. The average Bonchev–Trinajstić information content (AvgIpc) is 2.44. The molecule has 0 unspecified atom stereocenters. The van der Waals surface area contributed by atoms with Gasteiger partial charge in [0.05, 0.1) is 12.8 Å². The van der Waals surface area contributed by atoms with Gasteiger partial charge in [-0.25, -0.2) is 0 Å². The van der Waals surface area contributed by atoms with Gasteiger partial charge in [-0.1, -0.05) is 25.5 Å². The molecular formula is C16H19NO2. The van der Waals surface area contributed by atoms with E-state index in [0.29, 0.717) is 11.4 Å². The summed E-state index contributed by atoms with van der Waals surface area (Å²) in [6.45, 7) is 2.17. The molecule has 0 heterocycles.